The van der Waals surface area contributed by atoms with Crippen LogP contribution in [-0.2, 0) is 11.3 Å². The van der Waals surface area contributed by atoms with Gasteiger partial charge in [0, 0.05) is 36.2 Å². The van der Waals surface area contributed by atoms with Crippen LogP contribution in [0.15, 0.2) is 66.7 Å². The maximum absolute atomic E-state index is 13.9. The predicted molar refractivity (Wildman–Crippen MR) is 152 cm³/mol. The van der Waals surface area contributed by atoms with E-state index in [4.69, 9.17) is 23.9 Å². The average Bonchev–Trinajstić information content (AvgIpc) is 3.49. The fourth-order valence-corrected chi connectivity index (χ4v) is 5.12. The van der Waals surface area contributed by atoms with Crippen molar-refractivity contribution in [3.05, 3.63) is 83.4 Å². The van der Waals surface area contributed by atoms with Gasteiger partial charge >= 0.3 is 0 Å². The molecule has 1 atom stereocenters. The summed E-state index contributed by atoms with van der Waals surface area (Å²) < 4.78 is 23.0. The molecule has 4 aromatic rings. The van der Waals surface area contributed by atoms with Gasteiger partial charge in [-0.3, -0.25) is 4.79 Å². The standard InChI is InChI=1S/C32H34N2O5/c1-21-11-13-22(14-12-21)32(35)34(20-24-8-7-17-39-24)19-23-18-26-28(37-3)15-16-29(38-4)31(26)33-30(23)25-9-5-6-10-27(25)36-2/h5-6,9-16,18,24H,7-8,17,19-20H2,1-4H3. The number of aromatic nitrogens is 1. The molecule has 1 aliphatic heterocycles. The van der Waals surface area contributed by atoms with Crippen molar-refractivity contribution >= 4 is 16.8 Å². The number of rotatable bonds is 9. The Morgan fingerprint density at radius 3 is 2.36 bits per heavy atom. The Hall–Kier alpha value is -4.10. The van der Waals surface area contributed by atoms with E-state index in [-0.39, 0.29) is 12.0 Å². The van der Waals surface area contributed by atoms with Gasteiger partial charge in [-0.2, -0.15) is 0 Å². The molecule has 1 saturated heterocycles. The monoisotopic (exact) mass is 526 g/mol. The summed E-state index contributed by atoms with van der Waals surface area (Å²) in [7, 11) is 4.91. The summed E-state index contributed by atoms with van der Waals surface area (Å²) in [6, 6.07) is 21.2. The van der Waals surface area contributed by atoms with Crippen LogP contribution in [0.25, 0.3) is 22.2 Å². The van der Waals surface area contributed by atoms with Crippen molar-refractivity contribution in [3.63, 3.8) is 0 Å². The van der Waals surface area contributed by atoms with Gasteiger partial charge in [0.15, 0.2) is 0 Å². The minimum Gasteiger partial charge on any atom is -0.496 e. The van der Waals surface area contributed by atoms with Crippen molar-refractivity contribution in [2.75, 3.05) is 34.5 Å². The molecule has 0 bridgehead atoms. The number of methoxy groups -OCH3 is 3. The molecule has 3 aromatic carbocycles. The Morgan fingerprint density at radius 2 is 1.67 bits per heavy atom. The molecule has 0 saturated carbocycles. The smallest absolute Gasteiger partial charge is 0.254 e. The number of hydrogen-bond acceptors (Lipinski definition) is 6. The SMILES string of the molecule is COc1ccccc1-c1nc2c(OC)ccc(OC)c2cc1CN(CC1CCCO1)C(=O)c1ccc(C)cc1. The third-order valence-corrected chi connectivity index (χ3v) is 7.18. The van der Waals surface area contributed by atoms with Crippen molar-refractivity contribution < 1.29 is 23.7 Å². The highest BCUT2D eigenvalue weighted by atomic mass is 16.5. The van der Waals surface area contributed by atoms with E-state index in [1.54, 1.807) is 21.3 Å². The molecule has 0 radical (unpaired) electrons. The highest BCUT2D eigenvalue weighted by Gasteiger charge is 2.26. The van der Waals surface area contributed by atoms with E-state index < -0.39 is 0 Å². The number of carbonyl (C=O) groups excluding carboxylic acids is 1. The van der Waals surface area contributed by atoms with Gasteiger partial charge < -0.3 is 23.8 Å². The number of carbonyl (C=O) groups is 1. The zero-order valence-corrected chi connectivity index (χ0v) is 22.9. The van der Waals surface area contributed by atoms with Crippen LogP contribution in [0.1, 0.15) is 34.3 Å². The van der Waals surface area contributed by atoms with Gasteiger partial charge in [0.1, 0.15) is 22.8 Å². The normalized spacial score (nSPS) is 14.8. The molecular formula is C32H34N2O5. The Morgan fingerprint density at radius 1 is 0.949 bits per heavy atom. The number of hydrogen-bond donors (Lipinski definition) is 0. The highest BCUT2D eigenvalue weighted by molar-refractivity contribution is 5.95. The van der Waals surface area contributed by atoms with Crippen LogP contribution < -0.4 is 14.2 Å². The summed E-state index contributed by atoms with van der Waals surface area (Å²) in [5.41, 5.74) is 4.86. The van der Waals surface area contributed by atoms with Crippen LogP contribution in [0.4, 0.5) is 0 Å². The lowest BCUT2D eigenvalue weighted by Gasteiger charge is -2.27. The number of pyridine rings is 1. The molecule has 1 unspecified atom stereocenters. The van der Waals surface area contributed by atoms with Gasteiger partial charge in [-0.05, 0) is 67.8 Å². The van der Waals surface area contributed by atoms with E-state index in [0.29, 0.717) is 41.4 Å². The molecule has 1 amide bonds. The molecule has 0 N–H and O–H groups in total. The maximum atomic E-state index is 13.9. The average molecular weight is 527 g/mol. The summed E-state index contributed by atoms with van der Waals surface area (Å²) in [5.74, 6) is 1.97. The first-order valence-corrected chi connectivity index (χ1v) is 13.2. The summed E-state index contributed by atoms with van der Waals surface area (Å²) >= 11 is 0. The van der Waals surface area contributed by atoms with E-state index in [9.17, 15) is 4.79 Å². The van der Waals surface area contributed by atoms with Crippen molar-refractivity contribution in [3.8, 4) is 28.5 Å². The first-order valence-electron chi connectivity index (χ1n) is 13.2. The fourth-order valence-electron chi connectivity index (χ4n) is 5.12. The second kappa shape index (κ2) is 11.7. The number of ether oxygens (including phenoxy) is 4. The van der Waals surface area contributed by atoms with Crippen LogP contribution >= 0.6 is 0 Å². The first kappa shape index (κ1) is 26.5. The molecule has 1 fully saturated rings. The van der Waals surface area contributed by atoms with Gasteiger partial charge in [0.25, 0.3) is 5.91 Å². The quantitative estimate of drug-likeness (QED) is 0.264. The van der Waals surface area contributed by atoms with Crippen molar-refractivity contribution in [1.29, 1.82) is 0 Å². The minimum atomic E-state index is -0.0471. The fraction of sp³-hybridized carbons (Fsp3) is 0.312. The minimum absolute atomic E-state index is 0.00263. The first-order chi connectivity index (χ1) is 19.0. The van der Waals surface area contributed by atoms with Gasteiger partial charge in [-0.25, -0.2) is 4.98 Å². The maximum Gasteiger partial charge on any atom is 0.254 e. The number of benzene rings is 3. The molecule has 1 aromatic heterocycles. The van der Waals surface area contributed by atoms with Crippen LogP contribution in [-0.4, -0.2) is 56.4 Å². The molecule has 1 aliphatic rings. The van der Waals surface area contributed by atoms with E-state index in [2.05, 4.69) is 6.07 Å². The topological polar surface area (TPSA) is 70.1 Å². The Balaban J connectivity index is 1.67. The summed E-state index contributed by atoms with van der Waals surface area (Å²) in [5, 5.41) is 0.811. The third kappa shape index (κ3) is 5.54. The van der Waals surface area contributed by atoms with E-state index in [1.807, 2.05) is 72.5 Å². The number of fused-ring (bicyclic) bond motifs is 1. The van der Waals surface area contributed by atoms with Gasteiger partial charge in [-0.15, -0.1) is 0 Å². The van der Waals surface area contributed by atoms with Crippen LogP contribution in [0.5, 0.6) is 17.2 Å². The second-order valence-electron chi connectivity index (χ2n) is 9.75. The van der Waals surface area contributed by atoms with Crippen LogP contribution in [0.2, 0.25) is 0 Å². The van der Waals surface area contributed by atoms with Crippen molar-refractivity contribution in [1.82, 2.24) is 9.88 Å². The number of para-hydroxylation sites is 1. The summed E-state index contributed by atoms with van der Waals surface area (Å²) in [6.07, 6.45) is 1.92. The predicted octanol–water partition coefficient (Wildman–Crippen LogP) is 6.06. The summed E-state index contributed by atoms with van der Waals surface area (Å²) in [6.45, 7) is 3.56. The molecule has 2 heterocycles. The lowest BCUT2D eigenvalue weighted by Crippen LogP contribution is -2.37. The third-order valence-electron chi connectivity index (χ3n) is 7.18. The Kier molecular flexibility index (Phi) is 7.98. The van der Waals surface area contributed by atoms with Gasteiger partial charge in [-0.1, -0.05) is 29.8 Å². The van der Waals surface area contributed by atoms with Crippen LogP contribution in [0, 0.1) is 6.92 Å². The molecule has 202 valence electrons. The molecular weight excluding hydrogens is 492 g/mol. The molecule has 7 nitrogen and oxygen atoms in total. The molecule has 0 aliphatic carbocycles. The van der Waals surface area contributed by atoms with E-state index in [0.717, 1.165) is 47.2 Å². The Labute approximate surface area is 229 Å². The zero-order valence-electron chi connectivity index (χ0n) is 22.9. The highest BCUT2D eigenvalue weighted by Crippen LogP contribution is 2.38. The Bertz CT molecular complexity index is 1460. The van der Waals surface area contributed by atoms with Crippen molar-refractivity contribution in [2.45, 2.75) is 32.4 Å². The van der Waals surface area contributed by atoms with Crippen LogP contribution in [0.3, 0.4) is 0 Å². The van der Waals surface area contributed by atoms with E-state index in [1.165, 1.54) is 0 Å². The lowest BCUT2D eigenvalue weighted by atomic mass is 10.0. The van der Waals surface area contributed by atoms with Crippen molar-refractivity contribution in [2.24, 2.45) is 0 Å². The largest absolute Gasteiger partial charge is 0.496 e. The molecule has 0 spiro atoms. The summed E-state index contributed by atoms with van der Waals surface area (Å²) in [4.78, 5) is 20.9. The zero-order chi connectivity index (χ0) is 27.4. The number of nitrogens with zero attached hydrogens (tertiary/aromatic N) is 2. The van der Waals surface area contributed by atoms with Gasteiger partial charge in [0.2, 0.25) is 0 Å². The second-order valence-corrected chi connectivity index (χ2v) is 9.75. The molecule has 39 heavy (non-hydrogen) atoms. The lowest BCUT2D eigenvalue weighted by molar-refractivity contribution is 0.0507. The number of amides is 1. The number of aryl methyl sites for hydroxylation is 1. The van der Waals surface area contributed by atoms with Gasteiger partial charge in [0.05, 0.1) is 33.1 Å². The molecule has 7 heteroatoms. The van der Waals surface area contributed by atoms with E-state index >= 15 is 0 Å². The molecule has 5 rings (SSSR count).